The Morgan fingerprint density at radius 1 is 1.39 bits per heavy atom. The number of carbonyl (C=O) groups excluding carboxylic acids is 1. The van der Waals surface area contributed by atoms with Crippen molar-refractivity contribution in [2.24, 2.45) is 0 Å². The number of rotatable bonds is 4. The highest BCUT2D eigenvalue weighted by molar-refractivity contribution is 7.14. The summed E-state index contributed by atoms with van der Waals surface area (Å²) in [6.07, 6.45) is 1.44. The van der Waals surface area contributed by atoms with Crippen molar-refractivity contribution in [3.05, 3.63) is 21.9 Å². The molecule has 100 valence electrons. The zero-order valence-electron chi connectivity index (χ0n) is 11.3. The number of thiophene rings is 1. The van der Waals surface area contributed by atoms with Gasteiger partial charge < -0.3 is 4.74 Å². The highest BCUT2D eigenvalue weighted by Crippen LogP contribution is 2.19. The fourth-order valence-corrected chi connectivity index (χ4v) is 3.29. The maximum absolute atomic E-state index is 12.2. The fraction of sp³-hybridized carbons (Fsp3) is 0.643. The summed E-state index contributed by atoms with van der Waals surface area (Å²) in [5, 5.41) is 0. The molecule has 2 unspecified atom stereocenters. The van der Waals surface area contributed by atoms with Gasteiger partial charge in [0.25, 0.3) is 0 Å². The second kappa shape index (κ2) is 5.95. The summed E-state index contributed by atoms with van der Waals surface area (Å²) < 4.78 is 5.67. The lowest BCUT2D eigenvalue weighted by atomic mass is 10.2. The Hall–Kier alpha value is -0.710. The summed E-state index contributed by atoms with van der Waals surface area (Å²) in [7, 11) is 0. The summed E-state index contributed by atoms with van der Waals surface area (Å²) in [4.78, 5) is 16.6. The first kappa shape index (κ1) is 13.7. The van der Waals surface area contributed by atoms with Gasteiger partial charge in [0.2, 0.25) is 0 Å². The Kier molecular flexibility index (Phi) is 4.54. The van der Waals surface area contributed by atoms with E-state index in [1.54, 1.807) is 11.3 Å². The molecule has 0 aromatic carbocycles. The van der Waals surface area contributed by atoms with Gasteiger partial charge in [-0.15, -0.1) is 11.3 Å². The van der Waals surface area contributed by atoms with E-state index < -0.39 is 0 Å². The van der Waals surface area contributed by atoms with Gasteiger partial charge in [-0.1, -0.05) is 6.92 Å². The summed E-state index contributed by atoms with van der Waals surface area (Å²) in [6, 6.07) is 4.02. The van der Waals surface area contributed by atoms with Crippen LogP contribution in [-0.2, 0) is 11.2 Å². The van der Waals surface area contributed by atoms with Crippen molar-refractivity contribution in [2.75, 3.05) is 19.6 Å². The Morgan fingerprint density at radius 3 is 2.61 bits per heavy atom. The number of Topliss-reactive ketones (excluding diaryl/α,β-unsaturated/α-hetero) is 1. The third kappa shape index (κ3) is 3.40. The average Bonchev–Trinajstić information content (AvgIpc) is 2.75. The Morgan fingerprint density at radius 2 is 2.06 bits per heavy atom. The van der Waals surface area contributed by atoms with Gasteiger partial charge in [0.05, 0.1) is 23.6 Å². The molecule has 0 aliphatic carbocycles. The zero-order valence-corrected chi connectivity index (χ0v) is 12.1. The van der Waals surface area contributed by atoms with E-state index in [1.165, 1.54) is 4.88 Å². The summed E-state index contributed by atoms with van der Waals surface area (Å²) in [5.74, 6) is 0.237. The van der Waals surface area contributed by atoms with Gasteiger partial charge >= 0.3 is 0 Å². The topological polar surface area (TPSA) is 29.5 Å². The van der Waals surface area contributed by atoms with E-state index in [0.717, 1.165) is 24.4 Å². The van der Waals surface area contributed by atoms with Crippen molar-refractivity contribution in [3.8, 4) is 0 Å². The monoisotopic (exact) mass is 267 g/mol. The van der Waals surface area contributed by atoms with Crippen LogP contribution in [-0.4, -0.2) is 42.5 Å². The Bertz CT molecular complexity index is 406. The van der Waals surface area contributed by atoms with Crippen molar-refractivity contribution < 1.29 is 9.53 Å². The zero-order chi connectivity index (χ0) is 13.1. The molecule has 4 heteroatoms. The van der Waals surface area contributed by atoms with Gasteiger partial charge in [-0.3, -0.25) is 9.69 Å². The number of ketones is 1. The largest absolute Gasteiger partial charge is 0.373 e. The molecular weight excluding hydrogens is 246 g/mol. The third-order valence-corrected chi connectivity index (χ3v) is 4.42. The van der Waals surface area contributed by atoms with Crippen LogP contribution < -0.4 is 0 Å². The molecule has 2 atom stereocenters. The standard InChI is InChI=1S/C14H21NO2S/c1-4-12-5-6-14(18-12)13(16)9-15-7-10(2)17-11(3)8-15/h5-6,10-11H,4,7-9H2,1-3H3. The van der Waals surface area contributed by atoms with Crippen LogP contribution in [0.4, 0.5) is 0 Å². The Labute approximate surface area is 113 Å². The van der Waals surface area contributed by atoms with Crippen LogP contribution in [0, 0.1) is 0 Å². The van der Waals surface area contributed by atoms with Crippen LogP contribution in [0.3, 0.4) is 0 Å². The van der Waals surface area contributed by atoms with E-state index in [-0.39, 0.29) is 18.0 Å². The van der Waals surface area contributed by atoms with Gasteiger partial charge in [-0.05, 0) is 32.4 Å². The molecule has 1 aliphatic heterocycles. The number of carbonyl (C=O) groups is 1. The molecule has 1 saturated heterocycles. The van der Waals surface area contributed by atoms with E-state index >= 15 is 0 Å². The first-order chi connectivity index (χ1) is 8.58. The highest BCUT2D eigenvalue weighted by Gasteiger charge is 2.24. The highest BCUT2D eigenvalue weighted by atomic mass is 32.1. The van der Waals surface area contributed by atoms with Gasteiger partial charge in [-0.2, -0.15) is 0 Å². The van der Waals surface area contributed by atoms with E-state index in [4.69, 9.17) is 4.74 Å². The molecule has 0 saturated carbocycles. The molecule has 0 radical (unpaired) electrons. The average molecular weight is 267 g/mol. The maximum atomic E-state index is 12.2. The number of hydrogen-bond donors (Lipinski definition) is 0. The summed E-state index contributed by atoms with van der Waals surface area (Å²) >= 11 is 1.62. The minimum atomic E-state index is 0.219. The molecule has 2 heterocycles. The third-order valence-electron chi connectivity index (χ3n) is 3.15. The lowest BCUT2D eigenvalue weighted by Gasteiger charge is -2.34. The first-order valence-electron chi connectivity index (χ1n) is 6.58. The minimum Gasteiger partial charge on any atom is -0.373 e. The van der Waals surface area contributed by atoms with Gasteiger partial charge in [0.1, 0.15) is 0 Å². The quantitative estimate of drug-likeness (QED) is 0.785. The molecule has 1 aromatic heterocycles. The van der Waals surface area contributed by atoms with Crippen LogP contribution in [0.25, 0.3) is 0 Å². The summed E-state index contributed by atoms with van der Waals surface area (Å²) in [6.45, 7) is 8.46. The SMILES string of the molecule is CCc1ccc(C(=O)CN2CC(C)OC(C)C2)s1. The predicted octanol–water partition coefficient (Wildman–Crippen LogP) is 2.60. The van der Waals surface area contributed by atoms with Crippen LogP contribution >= 0.6 is 11.3 Å². The molecule has 1 fully saturated rings. The number of hydrogen-bond acceptors (Lipinski definition) is 4. The van der Waals surface area contributed by atoms with E-state index in [0.29, 0.717) is 6.54 Å². The molecular formula is C14H21NO2S. The maximum Gasteiger partial charge on any atom is 0.186 e. The molecule has 0 amide bonds. The second-order valence-corrected chi connectivity index (χ2v) is 6.16. The van der Waals surface area contributed by atoms with Crippen molar-refractivity contribution in [2.45, 2.75) is 39.4 Å². The van der Waals surface area contributed by atoms with Crippen molar-refractivity contribution >= 4 is 17.1 Å². The van der Waals surface area contributed by atoms with Gasteiger partial charge in [0.15, 0.2) is 5.78 Å². The van der Waals surface area contributed by atoms with E-state index in [1.807, 2.05) is 6.07 Å². The molecule has 0 N–H and O–H groups in total. The lowest BCUT2D eigenvalue weighted by molar-refractivity contribution is -0.0652. The van der Waals surface area contributed by atoms with Crippen molar-refractivity contribution in [1.82, 2.24) is 4.90 Å². The van der Waals surface area contributed by atoms with Gasteiger partial charge in [-0.25, -0.2) is 0 Å². The van der Waals surface area contributed by atoms with Crippen LogP contribution in [0.2, 0.25) is 0 Å². The van der Waals surface area contributed by atoms with Crippen LogP contribution in [0.15, 0.2) is 12.1 Å². The minimum absolute atomic E-state index is 0.219. The van der Waals surface area contributed by atoms with Crippen LogP contribution in [0.5, 0.6) is 0 Å². The van der Waals surface area contributed by atoms with E-state index in [2.05, 4.69) is 31.7 Å². The van der Waals surface area contributed by atoms with Crippen molar-refractivity contribution in [3.63, 3.8) is 0 Å². The molecule has 1 aliphatic rings. The van der Waals surface area contributed by atoms with E-state index in [9.17, 15) is 4.79 Å². The lowest BCUT2D eigenvalue weighted by Crippen LogP contribution is -2.47. The number of ether oxygens (including phenoxy) is 1. The molecule has 0 bridgehead atoms. The number of aryl methyl sites for hydroxylation is 1. The molecule has 18 heavy (non-hydrogen) atoms. The second-order valence-electron chi connectivity index (χ2n) is 4.99. The van der Waals surface area contributed by atoms with Gasteiger partial charge in [0, 0.05) is 18.0 Å². The molecule has 1 aromatic rings. The predicted molar refractivity (Wildman–Crippen MR) is 74.5 cm³/mol. The number of nitrogens with zero attached hydrogens (tertiary/aromatic N) is 1. The normalized spacial score (nSPS) is 25.3. The smallest absolute Gasteiger partial charge is 0.186 e. The first-order valence-corrected chi connectivity index (χ1v) is 7.40. The summed E-state index contributed by atoms with van der Waals surface area (Å²) in [5.41, 5.74) is 0. The van der Waals surface area contributed by atoms with Crippen LogP contribution in [0.1, 0.15) is 35.3 Å². The Balaban J connectivity index is 1.94. The van der Waals surface area contributed by atoms with Crippen molar-refractivity contribution in [1.29, 1.82) is 0 Å². The molecule has 0 spiro atoms. The molecule has 2 rings (SSSR count). The molecule has 3 nitrogen and oxygen atoms in total. The number of morpholine rings is 1. The fourth-order valence-electron chi connectivity index (χ4n) is 2.41.